The summed E-state index contributed by atoms with van der Waals surface area (Å²) in [4.78, 5) is 18.3. The summed E-state index contributed by atoms with van der Waals surface area (Å²) in [6, 6.07) is 10.8. The number of hydrogen-bond donors (Lipinski definition) is 3. The average molecular weight is 566 g/mol. The second-order valence-corrected chi connectivity index (χ2v) is 13.7. The zero-order chi connectivity index (χ0) is 28.6. The van der Waals surface area contributed by atoms with Crippen LogP contribution in [0.4, 0.5) is 23.3 Å². The van der Waals surface area contributed by atoms with Gasteiger partial charge in [0, 0.05) is 74.2 Å². The third kappa shape index (κ3) is 5.81. The maximum absolute atomic E-state index is 9.96. The molecule has 0 spiro atoms. The molecule has 0 unspecified atom stereocenters. The molecule has 2 aliphatic heterocycles. The summed E-state index contributed by atoms with van der Waals surface area (Å²) in [5.41, 5.74) is 2.36. The van der Waals surface area contributed by atoms with Crippen LogP contribution in [0.3, 0.4) is 0 Å². The van der Waals surface area contributed by atoms with E-state index in [4.69, 9.17) is 14.7 Å². The smallest absolute Gasteiger partial charge is 0.227 e. The zero-order valence-electron chi connectivity index (χ0n) is 23.8. The van der Waals surface area contributed by atoms with E-state index < -0.39 is 10.6 Å². The molecular weight excluding hydrogens is 526 g/mol. The number of fused-ring (bicyclic) bond motifs is 1. The van der Waals surface area contributed by atoms with Crippen LogP contribution < -0.4 is 15.1 Å². The Kier molecular flexibility index (Phi) is 8.06. The predicted molar refractivity (Wildman–Crippen MR) is 162 cm³/mol. The number of hydrogen-bond acceptors (Lipinski definition) is 10. The largest absolute Gasteiger partial charge is 0.380 e. The second kappa shape index (κ2) is 11.4. The van der Waals surface area contributed by atoms with Gasteiger partial charge in [0.15, 0.2) is 0 Å². The summed E-state index contributed by atoms with van der Waals surface area (Å²) in [5, 5.41) is 15.1. The number of nitriles is 1. The van der Waals surface area contributed by atoms with Crippen LogP contribution in [0.15, 0.2) is 36.7 Å². The molecule has 214 valence electrons. The number of methoxy groups -OCH3 is 1. The number of pyridine rings is 1. The number of ether oxygens (including phenoxy) is 1. The lowest BCUT2D eigenvalue weighted by molar-refractivity contribution is 0.0566. The number of benzene rings is 1. The fraction of sp³-hybridized carbons (Fsp3) is 0.517. The van der Waals surface area contributed by atoms with Crippen molar-refractivity contribution >= 4 is 44.6 Å². The summed E-state index contributed by atoms with van der Waals surface area (Å²) in [7, 11) is -0.864. The quantitative estimate of drug-likeness (QED) is 0.323. The first-order chi connectivity index (χ1) is 19.1. The van der Waals surface area contributed by atoms with Gasteiger partial charge in [-0.05, 0) is 48.4 Å². The minimum Gasteiger partial charge on any atom is -0.380 e. The van der Waals surface area contributed by atoms with Crippen LogP contribution in [-0.2, 0) is 4.74 Å². The van der Waals surface area contributed by atoms with Crippen molar-refractivity contribution in [3.63, 3.8) is 0 Å². The van der Waals surface area contributed by atoms with Crippen LogP contribution in [0.5, 0.6) is 0 Å². The standard InChI is InChI=1S/C29H39N7O3S/c1-18(2)22-6-7-25(36-16-21(19(36)3)17-40(5,37)38)24-14-32-28(12-23(22)24)33-27-8-10-31-29(34-27)35-11-9-26(39-4)20(13-30)15-35/h6-8,10,12,14,18-21,26,37-38H,9,11,15-17H2,1-5H3,(H,31,32,33,34)/t19-,20+,21-,26+/m1/s1. The van der Waals surface area contributed by atoms with Crippen molar-refractivity contribution in [1.82, 2.24) is 15.0 Å². The number of nitrogens with zero attached hydrogens (tertiary/aromatic N) is 6. The third-order valence-electron chi connectivity index (χ3n) is 8.18. The fourth-order valence-corrected chi connectivity index (χ4v) is 7.09. The molecule has 4 heterocycles. The number of piperidine rings is 1. The molecule has 3 aromatic rings. The highest BCUT2D eigenvalue weighted by Crippen LogP contribution is 2.44. The molecule has 11 heteroatoms. The van der Waals surface area contributed by atoms with Crippen LogP contribution in [0, 0.1) is 23.2 Å². The molecule has 2 saturated heterocycles. The van der Waals surface area contributed by atoms with E-state index in [-0.39, 0.29) is 24.0 Å². The monoisotopic (exact) mass is 565 g/mol. The Morgan fingerprint density at radius 1 is 1.18 bits per heavy atom. The van der Waals surface area contributed by atoms with Crippen molar-refractivity contribution in [2.75, 3.05) is 53.9 Å². The molecule has 0 radical (unpaired) electrons. The Labute approximate surface area is 237 Å². The summed E-state index contributed by atoms with van der Waals surface area (Å²) in [6.07, 6.45) is 5.85. The van der Waals surface area contributed by atoms with Crippen LogP contribution in [-0.4, -0.2) is 75.0 Å². The van der Waals surface area contributed by atoms with Crippen molar-refractivity contribution < 1.29 is 13.8 Å². The third-order valence-corrected chi connectivity index (χ3v) is 9.24. The molecule has 40 heavy (non-hydrogen) atoms. The van der Waals surface area contributed by atoms with Gasteiger partial charge in [0.25, 0.3) is 0 Å². The number of nitrogens with one attached hydrogen (secondary N) is 1. The van der Waals surface area contributed by atoms with Crippen molar-refractivity contribution in [1.29, 1.82) is 5.26 Å². The fourth-order valence-electron chi connectivity index (χ4n) is 5.89. The first-order valence-corrected chi connectivity index (χ1v) is 15.9. The van der Waals surface area contributed by atoms with E-state index in [0.717, 1.165) is 36.0 Å². The first-order valence-electron chi connectivity index (χ1n) is 13.8. The van der Waals surface area contributed by atoms with Gasteiger partial charge in [-0.3, -0.25) is 9.11 Å². The Morgan fingerprint density at radius 2 is 1.98 bits per heavy atom. The molecule has 3 N–H and O–H groups in total. The molecule has 2 fully saturated rings. The molecular formula is C29H39N7O3S. The first kappa shape index (κ1) is 28.4. The van der Waals surface area contributed by atoms with Crippen molar-refractivity contribution in [3.05, 3.63) is 42.2 Å². The molecule has 1 aromatic carbocycles. The molecule has 10 nitrogen and oxygen atoms in total. The van der Waals surface area contributed by atoms with E-state index in [1.165, 1.54) is 11.8 Å². The van der Waals surface area contributed by atoms with Crippen molar-refractivity contribution in [2.24, 2.45) is 11.8 Å². The average Bonchev–Trinajstić information content (AvgIpc) is 2.93. The Bertz CT molecular complexity index is 1410. The lowest BCUT2D eigenvalue weighted by Crippen LogP contribution is -2.56. The molecule has 0 saturated carbocycles. The maximum atomic E-state index is 9.96. The van der Waals surface area contributed by atoms with Crippen LogP contribution in [0.2, 0.25) is 0 Å². The van der Waals surface area contributed by atoms with Crippen molar-refractivity contribution in [2.45, 2.75) is 45.3 Å². The minimum atomic E-state index is -2.52. The number of rotatable bonds is 8. The Morgan fingerprint density at radius 3 is 2.65 bits per heavy atom. The van der Waals surface area contributed by atoms with Gasteiger partial charge in [0.2, 0.25) is 5.95 Å². The highest BCUT2D eigenvalue weighted by atomic mass is 32.3. The van der Waals surface area contributed by atoms with Gasteiger partial charge in [-0.25, -0.2) is 9.97 Å². The Hall–Kier alpha value is -3.17. The molecule has 5 rings (SSSR count). The van der Waals surface area contributed by atoms with Crippen LogP contribution >= 0.6 is 10.6 Å². The number of aromatic nitrogens is 3. The van der Waals surface area contributed by atoms with Gasteiger partial charge in [-0.2, -0.15) is 20.8 Å². The Balaban J connectivity index is 1.39. The van der Waals surface area contributed by atoms with Crippen LogP contribution in [0.25, 0.3) is 10.8 Å². The lowest BCUT2D eigenvalue weighted by atomic mass is 9.88. The van der Waals surface area contributed by atoms with Crippen molar-refractivity contribution in [3.8, 4) is 6.07 Å². The van der Waals surface area contributed by atoms with Gasteiger partial charge in [-0.15, -0.1) is 0 Å². The summed E-state index contributed by atoms with van der Waals surface area (Å²) >= 11 is 0. The molecule has 2 aliphatic rings. The molecule has 2 aromatic heterocycles. The van der Waals surface area contributed by atoms with Gasteiger partial charge in [-0.1, -0.05) is 19.9 Å². The predicted octanol–water partition coefficient (Wildman–Crippen LogP) is 5.46. The van der Waals surface area contributed by atoms with Crippen LogP contribution in [0.1, 0.15) is 38.7 Å². The summed E-state index contributed by atoms with van der Waals surface area (Å²) in [5.74, 6) is 2.69. The topological polar surface area (TPSA) is 131 Å². The molecule has 0 aliphatic carbocycles. The molecule has 0 amide bonds. The lowest BCUT2D eigenvalue weighted by Gasteiger charge is -2.51. The van der Waals surface area contributed by atoms with E-state index in [2.05, 4.69) is 60.2 Å². The van der Waals surface area contributed by atoms with E-state index >= 15 is 0 Å². The van der Waals surface area contributed by atoms with Gasteiger partial charge in [0.05, 0.1) is 18.1 Å². The molecule has 4 atom stereocenters. The summed E-state index contributed by atoms with van der Waals surface area (Å²) in [6.45, 7) is 8.57. The highest BCUT2D eigenvalue weighted by molar-refractivity contribution is 8.23. The van der Waals surface area contributed by atoms with E-state index in [1.807, 2.05) is 17.2 Å². The SMILES string of the molecule is CO[C@H]1CCN(c2nccc(Nc3cc4c(C(C)C)ccc(N5C[C@H](CS(C)(O)O)[C@H]5C)c4cn3)n2)C[C@@H]1C#N. The normalized spacial score (nSPS) is 23.7. The van der Waals surface area contributed by atoms with Gasteiger partial charge < -0.3 is 19.9 Å². The van der Waals surface area contributed by atoms with E-state index in [0.29, 0.717) is 35.8 Å². The summed E-state index contributed by atoms with van der Waals surface area (Å²) < 4.78 is 25.4. The molecule has 0 bridgehead atoms. The number of anilines is 4. The zero-order valence-corrected chi connectivity index (χ0v) is 24.6. The van der Waals surface area contributed by atoms with E-state index in [1.54, 1.807) is 13.3 Å². The highest BCUT2D eigenvalue weighted by Gasteiger charge is 2.38. The van der Waals surface area contributed by atoms with E-state index in [9.17, 15) is 14.4 Å². The second-order valence-electron chi connectivity index (χ2n) is 11.4. The van der Waals surface area contributed by atoms with Gasteiger partial charge >= 0.3 is 0 Å². The van der Waals surface area contributed by atoms with Gasteiger partial charge in [0.1, 0.15) is 11.6 Å². The maximum Gasteiger partial charge on any atom is 0.227 e. The minimum absolute atomic E-state index is 0.0693.